The van der Waals surface area contributed by atoms with Gasteiger partial charge < -0.3 is 19.9 Å². The van der Waals surface area contributed by atoms with E-state index in [4.69, 9.17) is 9.47 Å². The van der Waals surface area contributed by atoms with Gasteiger partial charge in [-0.25, -0.2) is 0 Å². The molecule has 1 heterocycles. The van der Waals surface area contributed by atoms with Gasteiger partial charge in [0.05, 0.1) is 26.4 Å². The summed E-state index contributed by atoms with van der Waals surface area (Å²) >= 11 is 0. The molecule has 1 aliphatic heterocycles. The van der Waals surface area contributed by atoms with Gasteiger partial charge in [0, 0.05) is 25.0 Å². The van der Waals surface area contributed by atoms with E-state index < -0.39 is 5.60 Å². The van der Waals surface area contributed by atoms with Crippen LogP contribution in [0.5, 0.6) is 11.5 Å². The minimum Gasteiger partial charge on any atom is -0.493 e. The van der Waals surface area contributed by atoms with E-state index in [1.165, 1.54) is 0 Å². The van der Waals surface area contributed by atoms with Crippen LogP contribution >= 0.6 is 0 Å². The zero-order valence-corrected chi connectivity index (χ0v) is 18.1. The van der Waals surface area contributed by atoms with Crippen molar-refractivity contribution < 1.29 is 19.4 Å². The predicted molar refractivity (Wildman–Crippen MR) is 113 cm³/mol. The Balaban J connectivity index is 1.88. The first-order chi connectivity index (χ1) is 14.0. The molecule has 0 bridgehead atoms. The van der Waals surface area contributed by atoms with E-state index in [2.05, 4.69) is 17.1 Å². The fourth-order valence-electron chi connectivity index (χ4n) is 5.04. The maximum atomic E-state index is 12.6. The molecule has 1 aromatic carbocycles. The molecule has 6 heteroatoms. The first-order valence-electron chi connectivity index (χ1n) is 11.0. The molecule has 2 N–H and O–H groups in total. The lowest BCUT2D eigenvalue weighted by Crippen LogP contribution is -2.56. The van der Waals surface area contributed by atoms with Crippen LogP contribution in [0.1, 0.15) is 63.5 Å². The summed E-state index contributed by atoms with van der Waals surface area (Å²) in [7, 11) is 3.27. The van der Waals surface area contributed by atoms with Crippen LogP contribution in [0.15, 0.2) is 18.2 Å². The molecule has 3 atom stereocenters. The van der Waals surface area contributed by atoms with E-state index in [0.29, 0.717) is 24.6 Å². The van der Waals surface area contributed by atoms with Crippen molar-refractivity contribution in [3.8, 4) is 11.5 Å². The number of likely N-dealkylation sites (tertiary alicyclic amines) is 1. The van der Waals surface area contributed by atoms with Gasteiger partial charge in [0.25, 0.3) is 0 Å². The number of benzene rings is 1. The maximum absolute atomic E-state index is 12.6. The van der Waals surface area contributed by atoms with Gasteiger partial charge in [-0.05, 0) is 43.4 Å². The zero-order chi connectivity index (χ0) is 20.9. The topological polar surface area (TPSA) is 71.0 Å². The molecule has 1 aliphatic carbocycles. The summed E-state index contributed by atoms with van der Waals surface area (Å²) in [5.74, 6) is 1.55. The van der Waals surface area contributed by atoms with Gasteiger partial charge >= 0.3 is 0 Å². The minimum atomic E-state index is -0.648. The molecule has 6 nitrogen and oxygen atoms in total. The molecule has 1 amide bonds. The maximum Gasteiger partial charge on any atom is 0.234 e. The largest absolute Gasteiger partial charge is 0.493 e. The highest BCUT2D eigenvalue weighted by atomic mass is 16.5. The Kier molecular flexibility index (Phi) is 7.41. The third-order valence-corrected chi connectivity index (χ3v) is 6.62. The van der Waals surface area contributed by atoms with Crippen LogP contribution in [0.25, 0.3) is 0 Å². The van der Waals surface area contributed by atoms with E-state index in [0.717, 1.165) is 57.1 Å². The third kappa shape index (κ3) is 4.86. The van der Waals surface area contributed by atoms with Crippen molar-refractivity contribution in [1.29, 1.82) is 0 Å². The van der Waals surface area contributed by atoms with Gasteiger partial charge in [-0.15, -0.1) is 0 Å². The Morgan fingerprint density at radius 2 is 2.03 bits per heavy atom. The smallest absolute Gasteiger partial charge is 0.234 e. The second kappa shape index (κ2) is 9.81. The van der Waals surface area contributed by atoms with E-state index in [9.17, 15) is 9.90 Å². The number of amides is 1. The molecule has 1 saturated heterocycles. The van der Waals surface area contributed by atoms with E-state index in [-0.39, 0.29) is 17.9 Å². The van der Waals surface area contributed by atoms with Crippen LogP contribution in [-0.2, 0) is 4.79 Å². The second-order valence-corrected chi connectivity index (χ2v) is 8.44. The number of aliphatic hydroxyl groups is 1. The third-order valence-electron chi connectivity index (χ3n) is 6.62. The number of rotatable bonds is 8. The van der Waals surface area contributed by atoms with Crippen LogP contribution in [0.2, 0.25) is 0 Å². The molecule has 0 aromatic heterocycles. The van der Waals surface area contributed by atoms with Crippen LogP contribution in [0, 0.1) is 5.92 Å². The highest BCUT2D eigenvalue weighted by Gasteiger charge is 2.49. The molecule has 0 radical (unpaired) electrons. The van der Waals surface area contributed by atoms with E-state index >= 15 is 0 Å². The van der Waals surface area contributed by atoms with Crippen molar-refractivity contribution >= 4 is 5.91 Å². The van der Waals surface area contributed by atoms with Crippen molar-refractivity contribution in [3.05, 3.63) is 23.8 Å². The molecular formula is C23H36N2O4. The fourth-order valence-corrected chi connectivity index (χ4v) is 5.04. The molecule has 2 fully saturated rings. The monoisotopic (exact) mass is 404 g/mol. The Labute approximate surface area is 174 Å². The lowest BCUT2D eigenvalue weighted by Gasteiger charge is -2.52. The van der Waals surface area contributed by atoms with Gasteiger partial charge in [-0.2, -0.15) is 0 Å². The van der Waals surface area contributed by atoms with Gasteiger partial charge in [-0.3, -0.25) is 9.69 Å². The number of ether oxygens (including phenoxy) is 2. The van der Waals surface area contributed by atoms with Gasteiger partial charge in [0.1, 0.15) is 0 Å². The van der Waals surface area contributed by atoms with Crippen molar-refractivity contribution in [2.24, 2.45) is 5.92 Å². The second-order valence-electron chi connectivity index (χ2n) is 8.44. The molecule has 0 spiro atoms. The summed E-state index contributed by atoms with van der Waals surface area (Å²) in [4.78, 5) is 14.8. The fraction of sp³-hybridized carbons (Fsp3) is 0.696. The summed E-state index contributed by atoms with van der Waals surface area (Å²) in [6.45, 7) is 3.91. The average Bonchev–Trinajstić information content (AvgIpc) is 2.73. The summed E-state index contributed by atoms with van der Waals surface area (Å²) in [5, 5.41) is 14.4. The number of carbonyl (C=O) groups excluding carboxylic acids is 1. The molecular weight excluding hydrogens is 368 g/mol. The van der Waals surface area contributed by atoms with Crippen molar-refractivity contribution in [2.45, 2.75) is 63.5 Å². The number of piperidine rings is 1. The number of hydrogen-bond donors (Lipinski definition) is 2. The molecule has 1 saturated carbocycles. The van der Waals surface area contributed by atoms with E-state index in [1.807, 2.05) is 18.2 Å². The summed E-state index contributed by atoms with van der Waals surface area (Å²) < 4.78 is 10.9. The Hall–Kier alpha value is -1.79. The summed E-state index contributed by atoms with van der Waals surface area (Å²) in [5.41, 5.74) is 0.430. The Morgan fingerprint density at radius 3 is 2.76 bits per heavy atom. The van der Waals surface area contributed by atoms with Gasteiger partial charge in [0.15, 0.2) is 11.5 Å². The first-order valence-corrected chi connectivity index (χ1v) is 11.0. The molecule has 29 heavy (non-hydrogen) atoms. The predicted octanol–water partition coefficient (Wildman–Crippen LogP) is 3.29. The van der Waals surface area contributed by atoms with Crippen LogP contribution in [0.3, 0.4) is 0 Å². The highest BCUT2D eigenvalue weighted by molar-refractivity contribution is 5.78. The van der Waals surface area contributed by atoms with Gasteiger partial charge in [0.2, 0.25) is 5.91 Å². The molecule has 2 aliphatic rings. The number of unbranched alkanes of at least 4 members (excludes halogenated alkanes) is 1. The molecule has 0 unspecified atom stereocenters. The number of hydrogen-bond acceptors (Lipinski definition) is 5. The summed E-state index contributed by atoms with van der Waals surface area (Å²) in [6, 6.07) is 5.97. The standard InChI is InChI=1S/C23H36N2O4/c1-4-5-13-24-21(26)16-25-14-12-23(27)11-7-6-8-18(23)22(25)17-9-10-19(28-2)20(15-17)29-3/h9-10,15,18,22,27H,4-8,11-14,16H2,1-3H3,(H,24,26)/t18-,22-,23-/m1/s1. The van der Waals surface area contributed by atoms with Crippen molar-refractivity contribution in [2.75, 3.05) is 33.9 Å². The van der Waals surface area contributed by atoms with E-state index in [1.54, 1.807) is 14.2 Å². The zero-order valence-electron chi connectivity index (χ0n) is 18.1. The Bertz CT molecular complexity index is 695. The minimum absolute atomic E-state index is 0.00854. The molecule has 162 valence electrons. The first kappa shape index (κ1) is 21.9. The van der Waals surface area contributed by atoms with Crippen molar-refractivity contribution in [3.63, 3.8) is 0 Å². The van der Waals surface area contributed by atoms with Crippen LogP contribution < -0.4 is 14.8 Å². The SMILES string of the molecule is CCCCNC(=O)CN1CC[C@]2(O)CCCC[C@@H]2[C@H]1c1ccc(OC)c(OC)c1. The van der Waals surface area contributed by atoms with Crippen LogP contribution in [-0.4, -0.2) is 55.4 Å². The number of fused-ring (bicyclic) bond motifs is 1. The van der Waals surface area contributed by atoms with Crippen LogP contribution in [0.4, 0.5) is 0 Å². The molecule has 3 rings (SSSR count). The number of carbonyl (C=O) groups is 1. The number of nitrogens with one attached hydrogen (secondary N) is 1. The van der Waals surface area contributed by atoms with Gasteiger partial charge in [-0.1, -0.05) is 32.3 Å². The lowest BCUT2D eigenvalue weighted by atomic mass is 9.66. The lowest BCUT2D eigenvalue weighted by molar-refractivity contribution is -0.137. The quantitative estimate of drug-likeness (QED) is 0.651. The van der Waals surface area contributed by atoms with Crippen molar-refractivity contribution in [1.82, 2.24) is 10.2 Å². The molecule has 1 aromatic rings. The average molecular weight is 405 g/mol. The summed E-state index contributed by atoms with van der Waals surface area (Å²) in [6.07, 6.45) is 6.79. The number of methoxy groups -OCH3 is 2. The Morgan fingerprint density at radius 1 is 1.24 bits per heavy atom. The number of nitrogens with zero attached hydrogens (tertiary/aromatic N) is 1. The highest BCUT2D eigenvalue weighted by Crippen LogP contribution is 2.50. The normalized spacial score (nSPS) is 27.2.